The Balaban J connectivity index is 1.63. The third-order valence-corrected chi connectivity index (χ3v) is 6.42. The molecule has 0 aliphatic carbocycles. The summed E-state index contributed by atoms with van der Waals surface area (Å²) in [7, 11) is 1.74. The molecule has 5 heteroatoms. The van der Waals surface area contributed by atoms with Gasteiger partial charge in [0.05, 0.1) is 0 Å². The fraction of sp³-hybridized carbons (Fsp3) is 0.226. The molecule has 36 heavy (non-hydrogen) atoms. The van der Waals surface area contributed by atoms with Crippen LogP contribution in [0.3, 0.4) is 0 Å². The van der Waals surface area contributed by atoms with E-state index in [4.69, 9.17) is 0 Å². The van der Waals surface area contributed by atoms with Crippen molar-refractivity contribution in [3.05, 3.63) is 112 Å². The Morgan fingerprint density at radius 1 is 0.861 bits per heavy atom. The quantitative estimate of drug-likeness (QED) is 0.325. The number of rotatable bonds is 5. The molecule has 0 atom stereocenters. The fourth-order valence-electron chi connectivity index (χ4n) is 4.14. The maximum absolute atomic E-state index is 13.0. The number of hydrogen-bond acceptors (Lipinski definition) is 3. The highest BCUT2D eigenvalue weighted by Crippen LogP contribution is 2.30. The highest BCUT2D eigenvalue weighted by Gasteiger charge is 2.16. The van der Waals surface area contributed by atoms with E-state index in [2.05, 4.69) is 31.4 Å². The summed E-state index contributed by atoms with van der Waals surface area (Å²) in [6, 6.07) is 23.3. The molecular formula is C31H33N3O2. The number of benzene rings is 3. The monoisotopic (exact) mass is 479 g/mol. The largest absolute Gasteiger partial charge is 0.351 e. The lowest BCUT2D eigenvalue weighted by molar-refractivity contribution is 0.102. The number of anilines is 3. The topological polar surface area (TPSA) is 63.1 Å². The van der Waals surface area contributed by atoms with Crippen LogP contribution in [0.15, 0.2) is 83.8 Å². The second kappa shape index (κ2) is 9.86. The molecule has 0 radical (unpaired) electrons. The van der Waals surface area contributed by atoms with E-state index in [1.165, 1.54) is 5.56 Å². The van der Waals surface area contributed by atoms with Crippen LogP contribution in [0.1, 0.15) is 47.8 Å². The van der Waals surface area contributed by atoms with Gasteiger partial charge in [-0.1, -0.05) is 62.7 Å². The SMILES string of the molecule is Cc1ccc(Nc2cc(-c3cccc(NC(=O)c4ccc(C(C)(C)C)cc4)c3C)cn(C)c2=O)cc1. The summed E-state index contributed by atoms with van der Waals surface area (Å²) in [6.07, 6.45) is 1.82. The zero-order chi connectivity index (χ0) is 26.0. The van der Waals surface area contributed by atoms with Crippen LogP contribution in [0.5, 0.6) is 0 Å². The molecule has 5 nitrogen and oxygen atoms in total. The fourth-order valence-corrected chi connectivity index (χ4v) is 4.14. The minimum absolute atomic E-state index is 0.0306. The van der Waals surface area contributed by atoms with Gasteiger partial charge in [-0.3, -0.25) is 9.59 Å². The first kappa shape index (κ1) is 25.0. The van der Waals surface area contributed by atoms with E-state index in [1.807, 2.05) is 92.8 Å². The maximum atomic E-state index is 13.0. The molecule has 0 bridgehead atoms. The Labute approximate surface area is 212 Å². The van der Waals surface area contributed by atoms with Crippen molar-refractivity contribution in [2.45, 2.75) is 40.0 Å². The van der Waals surface area contributed by atoms with Gasteiger partial charge in [0.15, 0.2) is 0 Å². The summed E-state index contributed by atoms with van der Waals surface area (Å²) in [6.45, 7) is 10.5. The molecule has 0 saturated carbocycles. The second-order valence-electron chi connectivity index (χ2n) is 10.3. The lowest BCUT2D eigenvalue weighted by atomic mass is 9.86. The van der Waals surface area contributed by atoms with Crippen LogP contribution >= 0.6 is 0 Å². The number of carbonyl (C=O) groups is 1. The van der Waals surface area contributed by atoms with E-state index in [1.54, 1.807) is 11.6 Å². The Bertz CT molecular complexity index is 1460. The Morgan fingerprint density at radius 2 is 1.53 bits per heavy atom. The van der Waals surface area contributed by atoms with Gasteiger partial charge in [0.1, 0.15) is 5.69 Å². The summed E-state index contributed by atoms with van der Waals surface area (Å²) in [4.78, 5) is 25.8. The molecule has 2 N–H and O–H groups in total. The Hall–Kier alpha value is -4.12. The minimum Gasteiger partial charge on any atom is -0.351 e. The number of aromatic nitrogens is 1. The first-order valence-electron chi connectivity index (χ1n) is 12.1. The van der Waals surface area contributed by atoms with Gasteiger partial charge >= 0.3 is 0 Å². The summed E-state index contributed by atoms with van der Waals surface area (Å²) < 4.78 is 1.58. The van der Waals surface area contributed by atoms with Crippen molar-refractivity contribution in [1.82, 2.24) is 4.57 Å². The average molecular weight is 480 g/mol. The third kappa shape index (κ3) is 5.41. The van der Waals surface area contributed by atoms with E-state index in [0.29, 0.717) is 11.3 Å². The van der Waals surface area contributed by atoms with Gasteiger partial charge in [-0.2, -0.15) is 0 Å². The molecule has 0 unspecified atom stereocenters. The van der Waals surface area contributed by atoms with Crippen LogP contribution in [-0.4, -0.2) is 10.5 Å². The first-order valence-corrected chi connectivity index (χ1v) is 12.1. The van der Waals surface area contributed by atoms with Crippen molar-refractivity contribution in [2.75, 3.05) is 10.6 Å². The van der Waals surface area contributed by atoms with Gasteiger partial charge in [-0.15, -0.1) is 0 Å². The molecule has 0 fully saturated rings. The van der Waals surface area contributed by atoms with E-state index >= 15 is 0 Å². The average Bonchev–Trinajstić information content (AvgIpc) is 2.84. The van der Waals surface area contributed by atoms with Crippen molar-refractivity contribution in [3.63, 3.8) is 0 Å². The van der Waals surface area contributed by atoms with Gasteiger partial charge in [0.2, 0.25) is 0 Å². The lowest BCUT2D eigenvalue weighted by Crippen LogP contribution is -2.19. The van der Waals surface area contributed by atoms with E-state index < -0.39 is 0 Å². The summed E-state index contributed by atoms with van der Waals surface area (Å²) in [5, 5.41) is 6.31. The molecular weight excluding hydrogens is 446 g/mol. The molecule has 4 rings (SSSR count). The molecule has 4 aromatic rings. The van der Waals surface area contributed by atoms with Crippen molar-refractivity contribution < 1.29 is 4.79 Å². The molecule has 184 valence electrons. The van der Waals surface area contributed by atoms with Gasteiger partial charge < -0.3 is 15.2 Å². The highest BCUT2D eigenvalue weighted by molar-refractivity contribution is 6.05. The number of nitrogens with one attached hydrogen (secondary N) is 2. The van der Waals surface area contributed by atoms with Crippen LogP contribution < -0.4 is 16.2 Å². The number of carbonyl (C=O) groups excluding carboxylic acids is 1. The van der Waals surface area contributed by atoms with Crippen LogP contribution in [0.4, 0.5) is 17.1 Å². The zero-order valence-corrected chi connectivity index (χ0v) is 21.8. The van der Waals surface area contributed by atoms with Crippen LogP contribution in [0.2, 0.25) is 0 Å². The molecule has 0 spiro atoms. The summed E-state index contributed by atoms with van der Waals surface area (Å²) >= 11 is 0. The van der Waals surface area contributed by atoms with Gasteiger partial charge in [0.25, 0.3) is 11.5 Å². The van der Waals surface area contributed by atoms with Crippen LogP contribution in [0, 0.1) is 13.8 Å². The van der Waals surface area contributed by atoms with Gasteiger partial charge in [-0.05, 0) is 72.4 Å². The van der Waals surface area contributed by atoms with Crippen molar-refractivity contribution in [2.24, 2.45) is 7.05 Å². The first-order chi connectivity index (χ1) is 17.0. The lowest BCUT2D eigenvalue weighted by Gasteiger charge is -2.19. The number of aryl methyl sites for hydroxylation is 2. The van der Waals surface area contributed by atoms with Crippen molar-refractivity contribution in [1.29, 1.82) is 0 Å². The van der Waals surface area contributed by atoms with Crippen molar-refractivity contribution in [3.8, 4) is 11.1 Å². The van der Waals surface area contributed by atoms with Gasteiger partial charge in [-0.25, -0.2) is 0 Å². The van der Waals surface area contributed by atoms with Gasteiger partial charge in [0, 0.05) is 35.7 Å². The summed E-state index contributed by atoms with van der Waals surface area (Å²) in [5.74, 6) is -0.155. The zero-order valence-electron chi connectivity index (χ0n) is 21.8. The van der Waals surface area contributed by atoms with E-state index in [9.17, 15) is 9.59 Å². The smallest absolute Gasteiger partial charge is 0.274 e. The number of nitrogens with zero attached hydrogens (tertiary/aromatic N) is 1. The highest BCUT2D eigenvalue weighted by atomic mass is 16.1. The predicted molar refractivity (Wildman–Crippen MR) is 149 cm³/mol. The second-order valence-corrected chi connectivity index (χ2v) is 10.3. The Kier molecular flexibility index (Phi) is 6.84. The molecule has 1 aromatic heterocycles. The number of pyridine rings is 1. The van der Waals surface area contributed by atoms with E-state index in [0.717, 1.165) is 33.6 Å². The normalized spacial score (nSPS) is 11.3. The predicted octanol–water partition coefficient (Wildman–Crippen LogP) is 6.96. The standard InChI is InChI=1S/C31H33N3O2/c1-20-10-16-25(17-11-20)32-28-18-23(19-34(6)30(28)36)26-8-7-9-27(21(26)2)33-29(35)22-12-14-24(15-13-22)31(3,4)5/h7-19,32H,1-6H3,(H,33,35). The Morgan fingerprint density at radius 3 is 2.17 bits per heavy atom. The molecule has 0 saturated heterocycles. The number of hydrogen-bond donors (Lipinski definition) is 2. The van der Waals surface area contributed by atoms with Crippen molar-refractivity contribution >= 4 is 23.0 Å². The summed E-state index contributed by atoms with van der Waals surface area (Å²) in [5.41, 5.74) is 7.70. The maximum Gasteiger partial charge on any atom is 0.274 e. The van der Waals surface area contributed by atoms with Crippen LogP contribution in [0.25, 0.3) is 11.1 Å². The molecule has 3 aromatic carbocycles. The minimum atomic E-state index is -0.155. The molecule has 1 heterocycles. The van der Waals surface area contributed by atoms with Crippen LogP contribution in [-0.2, 0) is 12.5 Å². The number of amides is 1. The third-order valence-electron chi connectivity index (χ3n) is 6.42. The molecule has 1 amide bonds. The molecule has 0 aliphatic rings. The molecule has 0 aliphatic heterocycles. The van der Waals surface area contributed by atoms with E-state index in [-0.39, 0.29) is 16.9 Å².